The SMILES string of the molecule is CCN(CC)C(=O)c1cc(C)nc(Nc2ccc(Cl)cc2C)n1. The molecule has 1 aromatic carbocycles. The monoisotopic (exact) mass is 332 g/mol. The smallest absolute Gasteiger partial charge is 0.272 e. The largest absolute Gasteiger partial charge is 0.338 e. The van der Waals surface area contributed by atoms with E-state index >= 15 is 0 Å². The number of rotatable bonds is 5. The van der Waals surface area contributed by atoms with Gasteiger partial charge in [0.15, 0.2) is 0 Å². The normalized spacial score (nSPS) is 10.5. The van der Waals surface area contributed by atoms with Crippen molar-refractivity contribution in [1.82, 2.24) is 14.9 Å². The summed E-state index contributed by atoms with van der Waals surface area (Å²) in [5.74, 6) is 0.322. The lowest BCUT2D eigenvalue weighted by atomic mass is 10.2. The number of amides is 1. The van der Waals surface area contributed by atoms with E-state index in [2.05, 4.69) is 15.3 Å². The number of aromatic nitrogens is 2. The maximum absolute atomic E-state index is 12.5. The number of anilines is 2. The second-order valence-corrected chi connectivity index (χ2v) is 5.72. The Hall–Kier alpha value is -2.14. The maximum atomic E-state index is 12.5. The Balaban J connectivity index is 2.32. The summed E-state index contributed by atoms with van der Waals surface area (Å²) in [7, 11) is 0. The standard InChI is InChI=1S/C17H21ClN4O/c1-5-22(6-2)16(23)15-10-12(4)19-17(21-15)20-14-8-7-13(18)9-11(14)3/h7-10H,5-6H2,1-4H3,(H,19,20,21). The minimum Gasteiger partial charge on any atom is -0.338 e. The molecule has 1 N–H and O–H groups in total. The van der Waals surface area contributed by atoms with Crippen LogP contribution in [0.25, 0.3) is 0 Å². The van der Waals surface area contributed by atoms with Crippen LogP contribution in [0.15, 0.2) is 24.3 Å². The van der Waals surface area contributed by atoms with E-state index in [4.69, 9.17) is 11.6 Å². The molecule has 0 bridgehead atoms. The van der Waals surface area contributed by atoms with E-state index in [-0.39, 0.29) is 5.91 Å². The van der Waals surface area contributed by atoms with Gasteiger partial charge in [-0.1, -0.05) is 11.6 Å². The highest BCUT2D eigenvalue weighted by Crippen LogP contribution is 2.22. The highest BCUT2D eigenvalue weighted by atomic mass is 35.5. The predicted molar refractivity (Wildman–Crippen MR) is 93.5 cm³/mol. The van der Waals surface area contributed by atoms with Gasteiger partial charge in [-0.25, -0.2) is 9.97 Å². The van der Waals surface area contributed by atoms with E-state index in [1.165, 1.54) is 0 Å². The zero-order chi connectivity index (χ0) is 17.0. The van der Waals surface area contributed by atoms with Crippen LogP contribution in [0.5, 0.6) is 0 Å². The summed E-state index contributed by atoms with van der Waals surface area (Å²) < 4.78 is 0. The van der Waals surface area contributed by atoms with Gasteiger partial charge in [0.1, 0.15) is 5.69 Å². The topological polar surface area (TPSA) is 58.1 Å². The fraction of sp³-hybridized carbons (Fsp3) is 0.353. The summed E-state index contributed by atoms with van der Waals surface area (Å²) in [4.78, 5) is 22.9. The van der Waals surface area contributed by atoms with Crippen LogP contribution in [-0.2, 0) is 0 Å². The fourth-order valence-electron chi connectivity index (χ4n) is 2.29. The Morgan fingerprint density at radius 1 is 1.17 bits per heavy atom. The van der Waals surface area contributed by atoms with Gasteiger partial charge >= 0.3 is 0 Å². The van der Waals surface area contributed by atoms with Gasteiger partial charge in [-0.2, -0.15) is 0 Å². The first-order valence-electron chi connectivity index (χ1n) is 7.62. The lowest BCUT2D eigenvalue weighted by Crippen LogP contribution is -2.31. The van der Waals surface area contributed by atoms with E-state index in [0.29, 0.717) is 29.8 Å². The number of carbonyl (C=O) groups is 1. The van der Waals surface area contributed by atoms with Crippen LogP contribution in [-0.4, -0.2) is 33.9 Å². The van der Waals surface area contributed by atoms with Crippen molar-refractivity contribution in [3.05, 3.63) is 46.2 Å². The molecule has 1 amide bonds. The highest BCUT2D eigenvalue weighted by molar-refractivity contribution is 6.30. The molecule has 2 aromatic rings. The summed E-state index contributed by atoms with van der Waals surface area (Å²) >= 11 is 5.97. The molecule has 6 heteroatoms. The van der Waals surface area contributed by atoms with Gasteiger partial charge in [-0.15, -0.1) is 0 Å². The molecular weight excluding hydrogens is 312 g/mol. The minimum atomic E-state index is -0.0867. The van der Waals surface area contributed by atoms with Gasteiger partial charge < -0.3 is 10.2 Å². The summed E-state index contributed by atoms with van der Waals surface area (Å²) in [6, 6.07) is 7.24. The molecule has 0 spiro atoms. The Kier molecular flexibility index (Phi) is 5.55. The van der Waals surface area contributed by atoms with Gasteiger partial charge in [-0.05, 0) is 57.5 Å². The number of nitrogens with zero attached hydrogens (tertiary/aromatic N) is 3. The molecule has 23 heavy (non-hydrogen) atoms. The number of carbonyl (C=O) groups excluding carboxylic acids is 1. The molecular formula is C17H21ClN4O. The van der Waals surface area contributed by atoms with E-state index in [1.807, 2.05) is 39.8 Å². The number of halogens is 1. The molecule has 0 aliphatic carbocycles. The molecule has 0 unspecified atom stereocenters. The molecule has 0 saturated heterocycles. The minimum absolute atomic E-state index is 0.0867. The van der Waals surface area contributed by atoms with Crippen molar-refractivity contribution in [3.63, 3.8) is 0 Å². The Morgan fingerprint density at radius 3 is 2.48 bits per heavy atom. The van der Waals surface area contributed by atoms with E-state index < -0.39 is 0 Å². The van der Waals surface area contributed by atoms with Gasteiger partial charge in [-0.3, -0.25) is 4.79 Å². The van der Waals surface area contributed by atoms with Gasteiger partial charge in [0.25, 0.3) is 5.91 Å². The lowest BCUT2D eigenvalue weighted by molar-refractivity contribution is 0.0767. The first kappa shape index (κ1) is 17.2. The molecule has 0 radical (unpaired) electrons. The van der Waals surface area contributed by atoms with Crippen LogP contribution in [0, 0.1) is 13.8 Å². The number of hydrogen-bond acceptors (Lipinski definition) is 4. The number of benzene rings is 1. The van der Waals surface area contributed by atoms with E-state index in [0.717, 1.165) is 16.9 Å². The molecule has 122 valence electrons. The molecule has 0 atom stereocenters. The third-order valence-electron chi connectivity index (χ3n) is 3.56. The molecule has 1 aromatic heterocycles. The maximum Gasteiger partial charge on any atom is 0.272 e. The second kappa shape index (κ2) is 7.42. The Morgan fingerprint density at radius 2 is 1.87 bits per heavy atom. The van der Waals surface area contributed by atoms with E-state index in [9.17, 15) is 4.79 Å². The average molecular weight is 333 g/mol. The molecule has 0 fully saturated rings. The third kappa shape index (κ3) is 4.20. The van der Waals surface area contributed by atoms with Crippen molar-refractivity contribution in [2.45, 2.75) is 27.7 Å². The number of nitrogens with one attached hydrogen (secondary N) is 1. The first-order valence-corrected chi connectivity index (χ1v) is 8.00. The quantitative estimate of drug-likeness (QED) is 0.900. The first-order chi connectivity index (χ1) is 10.9. The molecule has 1 heterocycles. The predicted octanol–water partition coefficient (Wildman–Crippen LogP) is 3.97. The summed E-state index contributed by atoms with van der Waals surface area (Å²) in [5.41, 5.74) is 2.99. The second-order valence-electron chi connectivity index (χ2n) is 5.28. The van der Waals surface area contributed by atoms with Crippen LogP contribution in [0.2, 0.25) is 5.02 Å². The summed E-state index contributed by atoms with van der Waals surface area (Å²) in [6.45, 7) is 9.00. The van der Waals surface area contributed by atoms with Crippen molar-refractivity contribution in [2.75, 3.05) is 18.4 Å². The molecule has 5 nitrogen and oxygen atoms in total. The molecule has 2 rings (SSSR count). The highest BCUT2D eigenvalue weighted by Gasteiger charge is 2.16. The van der Waals surface area contributed by atoms with Crippen molar-refractivity contribution < 1.29 is 4.79 Å². The molecule has 0 saturated carbocycles. The molecule has 0 aliphatic heterocycles. The van der Waals surface area contributed by atoms with Crippen LogP contribution >= 0.6 is 11.6 Å². The zero-order valence-electron chi connectivity index (χ0n) is 13.9. The number of aryl methyl sites for hydroxylation is 2. The van der Waals surface area contributed by atoms with Gasteiger partial charge in [0.05, 0.1) is 0 Å². The van der Waals surface area contributed by atoms with Crippen molar-refractivity contribution in [2.24, 2.45) is 0 Å². The summed E-state index contributed by atoms with van der Waals surface area (Å²) in [5, 5.41) is 3.84. The lowest BCUT2D eigenvalue weighted by Gasteiger charge is -2.18. The van der Waals surface area contributed by atoms with Crippen molar-refractivity contribution >= 4 is 29.1 Å². The van der Waals surface area contributed by atoms with Crippen LogP contribution < -0.4 is 5.32 Å². The van der Waals surface area contributed by atoms with Crippen LogP contribution in [0.1, 0.15) is 35.6 Å². The molecule has 0 aliphatic rings. The van der Waals surface area contributed by atoms with Crippen molar-refractivity contribution in [3.8, 4) is 0 Å². The van der Waals surface area contributed by atoms with Crippen LogP contribution in [0.3, 0.4) is 0 Å². The zero-order valence-corrected chi connectivity index (χ0v) is 14.6. The van der Waals surface area contributed by atoms with E-state index in [1.54, 1.807) is 17.0 Å². The van der Waals surface area contributed by atoms with Crippen molar-refractivity contribution in [1.29, 1.82) is 0 Å². The third-order valence-corrected chi connectivity index (χ3v) is 3.79. The Bertz CT molecular complexity index is 714. The number of hydrogen-bond donors (Lipinski definition) is 1. The average Bonchev–Trinajstić information content (AvgIpc) is 2.50. The van der Waals surface area contributed by atoms with Gasteiger partial charge in [0, 0.05) is 29.5 Å². The fourth-order valence-corrected chi connectivity index (χ4v) is 2.52. The Labute approximate surface area is 141 Å². The summed E-state index contributed by atoms with van der Waals surface area (Å²) in [6.07, 6.45) is 0. The van der Waals surface area contributed by atoms with Gasteiger partial charge in [0.2, 0.25) is 5.95 Å². The van der Waals surface area contributed by atoms with Crippen LogP contribution in [0.4, 0.5) is 11.6 Å².